The molecule has 0 aliphatic rings. The van der Waals surface area contributed by atoms with Crippen LogP contribution in [0.15, 0.2) is 72.8 Å². The van der Waals surface area contributed by atoms with Crippen molar-refractivity contribution >= 4 is 27.7 Å². The van der Waals surface area contributed by atoms with Crippen LogP contribution in [0.1, 0.15) is 27.0 Å². The van der Waals surface area contributed by atoms with Crippen LogP contribution < -0.4 is 10.5 Å². The topological polar surface area (TPSA) is 57.2 Å². The monoisotopic (exact) mass is 433 g/mol. The van der Waals surface area contributed by atoms with E-state index in [9.17, 15) is 4.79 Å². The smallest absolute Gasteiger partial charge is 0.249 e. The van der Waals surface area contributed by atoms with Gasteiger partial charge >= 0.3 is 0 Å². The summed E-state index contributed by atoms with van der Waals surface area (Å²) in [6, 6.07) is 27.9. The van der Waals surface area contributed by atoms with Gasteiger partial charge in [-0.3, -0.25) is 4.79 Å². The first-order chi connectivity index (χ1) is 15.9. The predicted octanol–water partition coefficient (Wildman–Crippen LogP) is 6.03. The first-order valence-electron chi connectivity index (χ1n) is 10.9. The largest absolute Gasteiger partial charge is 0.497 e. The Labute approximate surface area is 193 Å². The van der Waals surface area contributed by atoms with E-state index in [0.29, 0.717) is 12.1 Å². The van der Waals surface area contributed by atoms with Crippen molar-refractivity contribution in [3.05, 3.63) is 101 Å². The number of benzene rings is 4. The summed E-state index contributed by atoms with van der Waals surface area (Å²) < 4.78 is 7.56. The number of amides is 1. The number of fused-ring (bicyclic) bond motifs is 3. The van der Waals surface area contributed by atoms with Gasteiger partial charge in [-0.05, 0) is 73.0 Å². The van der Waals surface area contributed by atoms with Crippen LogP contribution in [0.3, 0.4) is 0 Å². The number of primary amides is 1. The van der Waals surface area contributed by atoms with Gasteiger partial charge in [0.25, 0.3) is 0 Å². The van der Waals surface area contributed by atoms with Crippen LogP contribution in [0.5, 0.6) is 5.75 Å². The Bertz CT molecular complexity index is 1490. The molecule has 1 aromatic heterocycles. The number of rotatable bonds is 5. The molecule has 1 radical (unpaired) electrons. The molecule has 2 N–H and O–H groups in total. The molecule has 0 bridgehead atoms. The summed E-state index contributed by atoms with van der Waals surface area (Å²) >= 11 is 0. The number of hydrogen-bond donors (Lipinski definition) is 1. The zero-order valence-electron chi connectivity index (χ0n) is 19.0. The molecule has 4 nitrogen and oxygen atoms in total. The number of nitrogens with two attached hydrogens (primary N) is 1. The van der Waals surface area contributed by atoms with E-state index >= 15 is 0 Å². The number of methoxy groups -OCH3 is 1. The third-order valence-electron chi connectivity index (χ3n) is 6.11. The summed E-state index contributed by atoms with van der Waals surface area (Å²) in [7, 11) is 1.66. The van der Waals surface area contributed by atoms with Crippen molar-refractivity contribution in [3.63, 3.8) is 0 Å². The van der Waals surface area contributed by atoms with Gasteiger partial charge in [-0.2, -0.15) is 0 Å². The molecule has 5 rings (SSSR count). The van der Waals surface area contributed by atoms with Crippen molar-refractivity contribution in [2.75, 3.05) is 7.11 Å². The van der Waals surface area contributed by atoms with Gasteiger partial charge in [-0.25, -0.2) is 0 Å². The Kier molecular flexibility index (Phi) is 5.14. The fraction of sp³-hybridized carbons (Fsp3) is 0.138. The molecule has 0 saturated carbocycles. The minimum Gasteiger partial charge on any atom is -0.497 e. The second-order valence-corrected chi connectivity index (χ2v) is 8.52. The summed E-state index contributed by atoms with van der Waals surface area (Å²) in [5, 5.41) is 1.76. The maximum Gasteiger partial charge on any atom is 0.249 e. The van der Waals surface area contributed by atoms with E-state index < -0.39 is 5.91 Å². The number of nitrogens with zero attached hydrogens (tertiary/aromatic N) is 1. The Morgan fingerprint density at radius 3 is 2.33 bits per heavy atom. The zero-order chi connectivity index (χ0) is 23.1. The van der Waals surface area contributed by atoms with E-state index in [1.807, 2.05) is 42.5 Å². The first kappa shape index (κ1) is 20.8. The second kappa shape index (κ2) is 8.14. The maximum atomic E-state index is 12.3. The minimum atomic E-state index is -0.432. The highest BCUT2D eigenvalue weighted by Crippen LogP contribution is 2.35. The molecule has 1 amide bonds. The summed E-state index contributed by atoms with van der Waals surface area (Å²) in [6.45, 7) is 4.91. The third-order valence-corrected chi connectivity index (χ3v) is 6.11. The highest BCUT2D eigenvalue weighted by molar-refractivity contribution is 6.18. The Balaban J connectivity index is 1.77. The quantitative estimate of drug-likeness (QED) is 0.368. The normalized spacial score (nSPS) is 11.2. The van der Waals surface area contributed by atoms with Crippen molar-refractivity contribution in [2.45, 2.75) is 20.4 Å². The molecular weight excluding hydrogens is 408 g/mol. The van der Waals surface area contributed by atoms with Crippen molar-refractivity contribution in [3.8, 4) is 16.9 Å². The fourth-order valence-corrected chi connectivity index (χ4v) is 4.72. The van der Waals surface area contributed by atoms with Gasteiger partial charge in [0.1, 0.15) is 5.75 Å². The van der Waals surface area contributed by atoms with Crippen LogP contribution in [0.4, 0.5) is 0 Å². The molecule has 4 heteroatoms. The Morgan fingerprint density at radius 1 is 0.939 bits per heavy atom. The van der Waals surface area contributed by atoms with Crippen LogP contribution in [0, 0.1) is 19.9 Å². The average Bonchev–Trinajstić information content (AvgIpc) is 3.11. The molecule has 0 aliphatic heterocycles. The van der Waals surface area contributed by atoms with Gasteiger partial charge in [-0.1, -0.05) is 47.5 Å². The summed E-state index contributed by atoms with van der Waals surface area (Å²) in [5.74, 6) is 0.387. The zero-order valence-corrected chi connectivity index (χ0v) is 19.0. The van der Waals surface area contributed by atoms with Gasteiger partial charge in [0.15, 0.2) is 0 Å². The van der Waals surface area contributed by atoms with E-state index in [-0.39, 0.29) is 0 Å². The number of carbonyl (C=O) groups excluding carboxylic acids is 1. The van der Waals surface area contributed by atoms with Crippen LogP contribution >= 0.6 is 0 Å². The standard InChI is InChI=1S/C29H25N2O2/c1-18-13-19(2)15-20(14-18)17-31-26-6-4-5-25(29(30)32)28(26)24-12-9-22(16-27(24)31)21-7-10-23(33-3)11-8-21/h4-11,13-16H,17H2,1-3H3,(H2,30,32). The third kappa shape index (κ3) is 3.74. The van der Waals surface area contributed by atoms with E-state index in [0.717, 1.165) is 38.7 Å². The maximum absolute atomic E-state index is 12.3. The number of ether oxygens (including phenoxy) is 1. The molecule has 5 aromatic rings. The lowest BCUT2D eigenvalue weighted by Crippen LogP contribution is -2.11. The van der Waals surface area contributed by atoms with E-state index in [1.54, 1.807) is 13.2 Å². The van der Waals surface area contributed by atoms with E-state index in [4.69, 9.17) is 10.5 Å². The van der Waals surface area contributed by atoms with Crippen molar-refractivity contribution in [1.82, 2.24) is 4.57 Å². The van der Waals surface area contributed by atoms with Gasteiger partial charge in [0.05, 0.1) is 18.1 Å². The minimum absolute atomic E-state index is 0.432. The number of carbonyl (C=O) groups is 1. The number of hydrogen-bond acceptors (Lipinski definition) is 2. The Morgan fingerprint density at radius 2 is 1.67 bits per heavy atom. The summed E-state index contributed by atoms with van der Waals surface area (Å²) in [6.07, 6.45) is 0. The van der Waals surface area contributed by atoms with Crippen LogP contribution in [0.2, 0.25) is 0 Å². The van der Waals surface area contributed by atoms with Gasteiger partial charge in [0.2, 0.25) is 5.91 Å². The number of aryl methyl sites for hydroxylation is 2. The molecule has 0 unspecified atom stereocenters. The lowest BCUT2D eigenvalue weighted by molar-refractivity contribution is 0.100. The lowest BCUT2D eigenvalue weighted by Gasteiger charge is -2.11. The fourth-order valence-electron chi connectivity index (χ4n) is 4.72. The van der Waals surface area contributed by atoms with Crippen molar-refractivity contribution < 1.29 is 9.53 Å². The van der Waals surface area contributed by atoms with Crippen LogP contribution in [0.25, 0.3) is 32.9 Å². The van der Waals surface area contributed by atoms with Gasteiger partial charge in [-0.15, -0.1) is 0 Å². The molecule has 0 saturated heterocycles. The van der Waals surface area contributed by atoms with Crippen LogP contribution in [-0.4, -0.2) is 17.6 Å². The molecule has 33 heavy (non-hydrogen) atoms. The van der Waals surface area contributed by atoms with Crippen molar-refractivity contribution in [1.29, 1.82) is 0 Å². The molecule has 163 valence electrons. The molecule has 0 aliphatic carbocycles. The first-order valence-corrected chi connectivity index (χ1v) is 10.9. The van der Waals surface area contributed by atoms with E-state index in [1.165, 1.54) is 16.7 Å². The van der Waals surface area contributed by atoms with E-state index in [2.05, 4.69) is 48.7 Å². The predicted molar refractivity (Wildman–Crippen MR) is 134 cm³/mol. The summed E-state index contributed by atoms with van der Waals surface area (Å²) in [5.41, 5.74) is 14.1. The molecule has 4 aromatic carbocycles. The number of aromatic nitrogens is 1. The van der Waals surface area contributed by atoms with Crippen LogP contribution in [-0.2, 0) is 6.54 Å². The molecule has 0 spiro atoms. The highest BCUT2D eigenvalue weighted by Gasteiger charge is 2.17. The second-order valence-electron chi connectivity index (χ2n) is 8.52. The highest BCUT2D eigenvalue weighted by atomic mass is 16.5. The Hall–Kier alpha value is -4.05. The molecule has 0 fully saturated rings. The average molecular weight is 434 g/mol. The lowest BCUT2D eigenvalue weighted by atomic mass is 10.0. The SMILES string of the molecule is COc1ccc(-c2c[c]c3c4c(C(N)=O)cccc4n(Cc4cc(C)cc(C)c4)c3c2)cc1. The molecule has 1 heterocycles. The molecular formula is C29H25N2O2. The van der Waals surface area contributed by atoms with Gasteiger partial charge < -0.3 is 15.0 Å². The van der Waals surface area contributed by atoms with Gasteiger partial charge in [0, 0.05) is 22.9 Å². The molecule has 0 atom stereocenters. The van der Waals surface area contributed by atoms with Crippen molar-refractivity contribution in [2.24, 2.45) is 5.73 Å². The summed E-state index contributed by atoms with van der Waals surface area (Å²) in [4.78, 5) is 12.3.